The van der Waals surface area contributed by atoms with E-state index in [-0.39, 0.29) is 43.0 Å². The highest BCUT2D eigenvalue weighted by Crippen LogP contribution is 2.47. The van der Waals surface area contributed by atoms with Gasteiger partial charge >= 0.3 is 0 Å². The average Bonchev–Trinajstić information content (AvgIpc) is 3.26. The van der Waals surface area contributed by atoms with Crippen molar-refractivity contribution in [1.82, 2.24) is 10.3 Å². The van der Waals surface area contributed by atoms with Gasteiger partial charge in [0.1, 0.15) is 18.0 Å². The highest BCUT2D eigenvalue weighted by Gasteiger charge is 2.46. The van der Waals surface area contributed by atoms with Gasteiger partial charge in [-0.2, -0.15) is 0 Å². The molecule has 8 nitrogen and oxygen atoms in total. The Morgan fingerprint density at radius 2 is 1.94 bits per heavy atom. The van der Waals surface area contributed by atoms with Crippen LogP contribution in [0.15, 0.2) is 73.1 Å². The first-order valence-corrected chi connectivity index (χ1v) is 11.7. The molecule has 2 amide bonds. The number of fused-ring (bicyclic) bond motifs is 3. The maximum Gasteiger partial charge on any atom is 0.257 e. The normalized spacial score (nSPS) is 22.4. The summed E-state index contributed by atoms with van der Waals surface area (Å²) in [6, 6.07) is 18.6. The van der Waals surface area contributed by atoms with Gasteiger partial charge in [0.05, 0.1) is 24.7 Å². The second-order valence-electron chi connectivity index (χ2n) is 8.82. The van der Waals surface area contributed by atoms with E-state index in [0.717, 1.165) is 11.1 Å². The number of carbonyl (C=O) groups is 2. The molecule has 0 aliphatic carbocycles. The van der Waals surface area contributed by atoms with Crippen molar-refractivity contribution in [3.63, 3.8) is 0 Å². The van der Waals surface area contributed by atoms with Gasteiger partial charge in [0, 0.05) is 36.1 Å². The topological polar surface area (TPSA) is 110 Å². The Kier molecular flexibility index (Phi) is 6.74. The third-order valence-electron chi connectivity index (χ3n) is 6.43. The third kappa shape index (κ3) is 5.18. The summed E-state index contributed by atoms with van der Waals surface area (Å²) in [4.78, 5) is 29.1. The molecule has 2 aromatic carbocycles. The van der Waals surface area contributed by atoms with Gasteiger partial charge < -0.3 is 25.2 Å². The molecular formula is C27H27N3O5. The molecule has 3 N–H and O–H groups in total. The van der Waals surface area contributed by atoms with Crippen LogP contribution in [0.3, 0.4) is 0 Å². The molecule has 1 saturated heterocycles. The number of anilines is 1. The van der Waals surface area contributed by atoms with Crippen LogP contribution in [0, 0.1) is 0 Å². The molecular weight excluding hydrogens is 446 g/mol. The Morgan fingerprint density at radius 1 is 1.09 bits per heavy atom. The summed E-state index contributed by atoms with van der Waals surface area (Å²) in [7, 11) is 0. The lowest BCUT2D eigenvalue weighted by molar-refractivity contribution is -0.142. The lowest BCUT2D eigenvalue weighted by Gasteiger charge is -2.37. The highest BCUT2D eigenvalue weighted by molar-refractivity contribution is 6.04. The van der Waals surface area contributed by atoms with Gasteiger partial charge in [-0.05, 0) is 42.3 Å². The van der Waals surface area contributed by atoms with Crippen molar-refractivity contribution in [2.24, 2.45) is 0 Å². The van der Waals surface area contributed by atoms with Crippen molar-refractivity contribution in [3.8, 4) is 5.75 Å². The van der Waals surface area contributed by atoms with Crippen molar-refractivity contribution in [1.29, 1.82) is 0 Å². The molecule has 0 spiro atoms. The van der Waals surface area contributed by atoms with E-state index in [1.54, 1.807) is 24.4 Å². The summed E-state index contributed by atoms with van der Waals surface area (Å²) in [6.45, 7) is 0.246. The maximum absolute atomic E-state index is 12.6. The van der Waals surface area contributed by atoms with Crippen LogP contribution in [-0.4, -0.2) is 46.8 Å². The number of aliphatic hydroxyl groups excluding tert-OH is 1. The van der Waals surface area contributed by atoms with Crippen LogP contribution in [0.1, 0.15) is 40.2 Å². The zero-order valence-corrected chi connectivity index (χ0v) is 19.1. The van der Waals surface area contributed by atoms with E-state index in [0.29, 0.717) is 30.0 Å². The van der Waals surface area contributed by atoms with E-state index in [1.165, 1.54) is 6.20 Å². The summed E-state index contributed by atoms with van der Waals surface area (Å²) in [6.07, 6.45) is 2.66. The number of carbonyl (C=O) groups excluding carboxylic acids is 2. The Hall–Kier alpha value is -3.75. The van der Waals surface area contributed by atoms with Gasteiger partial charge in [-0.25, -0.2) is 0 Å². The number of pyridine rings is 1. The van der Waals surface area contributed by atoms with Gasteiger partial charge in [0.25, 0.3) is 5.91 Å². The van der Waals surface area contributed by atoms with Crippen LogP contribution >= 0.6 is 0 Å². The van der Waals surface area contributed by atoms with E-state index in [9.17, 15) is 14.7 Å². The fourth-order valence-electron chi connectivity index (χ4n) is 4.74. The quantitative estimate of drug-likeness (QED) is 0.487. The average molecular weight is 474 g/mol. The lowest BCUT2D eigenvalue weighted by atomic mass is 9.84. The first kappa shape index (κ1) is 23.0. The van der Waals surface area contributed by atoms with Crippen LogP contribution in [0.2, 0.25) is 0 Å². The molecule has 1 aromatic heterocycles. The smallest absolute Gasteiger partial charge is 0.257 e. The zero-order chi connectivity index (χ0) is 24.2. The van der Waals surface area contributed by atoms with Crippen molar-refractivity contribution in [2.45, 2.75) is 43.6 Å². The number of aromatic nitrogens is 1. The van der Waals surface area contributed by atoms with Gasteiger partial charge in [-0.3, -0.25) is 14.6 Å². The highest BCUT2D eigenvalue weighted by atomic mass is 16.6. The van der Waals surface area contributed by atoms with E-state index in [1.807, 2.05) is 42.5 Å². The molecule has 2 aliphatic rings. The number of rotatable bonds is 7. The Balaban J connectivity index is 1.26. The first-order chi connectivity index (χ1) is 17.1. The maximum atomic E-state index is 12.6. The summed E-state index contributed by atoms with van der Waals surface area (Å²) >= 11 is 0. The van der Waals surface area contributed by atoms with Gasteiger partial charge in [-0.15, -0.1) is 0 Å². The van der Waals surface area contributed by atoms with Crippen LogP contribution < -0.4 is 15.4 Å². The molecule has 35 heavy (non-hydrogen) atoms. The largest absolute Gasteiger partial charge is 0.487 e. The van der Waals surface area contributed by atoms with Crippen molar-refractivity contribution in [3.05, 3.63) is 89.7 Å². The molecule has 8 heteroatoms. The summed E-state index contributed by atoms with van der Waals surface area (Å²) in [5.74, 6) is 0.293. The molecule has 0 bridgehead atoms. The summed E-state index contributed by atoms with van der Waals surface area (Å²) < 4.78 is 12.2. The number of aliphatic hydroxyl groups is 1. The molecule has 0 saturated carbocycles. The van der Waals surface area contributed by atoms with Crippen LogP contribution in [0.5, 0.6) is 5.75 Å². The summed E-state index contributed by atoms with van der Waals surface area (Å²) in [5.41, 5.74) is 3.08. The van der Waals surface area contributed by atoms with Crippen molar-refractivity contribution < 1.29 is 24.2 Å². The van der Waals surface area contributed by atoms with E-state index in [2.05, 4.69) is 15.6 Å². The Bertz CT molecular complexity index is 1190. The van der Waals surface area contributed by atoms with E-state index >= 15 is 0 Å². The van der Waals surface area contributed by atoms with Crippen molar-refractivity contribution in [2.75, 3.05) is 11.9 Å². The minimum absolute atomic E-state index is 0.0573. The Labute approximate surface area is 203 Å². The van der Waals surface area contributed by atoms with Gasteiger partial charge in [0.15, 0.2) is 0 Å². The number of nitrogens with zero attached hydrogens (tertiary/aromatic N) is 1. The summed E-state index contributed by atoms with van der Waals surface area (Å²) in [5, 5.41) is 15.8. The number of amides is 2. The monoisotopic (exact) mass is 473 g/mol. The Morgan fingerprint density at radius 3 is 2.71 bits per heavy atom. The van der Waals surface area contributed by atoms with Crippen LogP contribution in [-0.2, 0) is 16.1 Å². The van der Waals surface area contributed by atoms with E-state index in [4.69, 9.17) is 9.47 Å². The SMILES string of the molecule is O=C(C[C@@H]1C[C@H]2c3cc(NC(=O)c4cccnc4)ccc3O[C@H]2[C@@H](CO)O1)NCc1ccccc1. The molecule has 0 unspecified atom stereocenters. The number of benzene rings is 2. The minimum Gasteiger partial charge on any atom is -0.487 e. The number of nitrogens with one attached hydrogen (secondary N) is 2. The molecule has 3 aromatic rings. The van der Waals surface area contributed by atoms with E-state index < -0.39 is 6.10 Å². The molecule has 0 radical (unpaired) electrons. The molecule has 5 rings (SSSR count). The lowest BCUT2D eigenvalue weighted by Crippen LogP contribution is -2.47. The molecule has 4 atom stereocenters. The number of ether oxygens (including phenoxy) is 2. The predicted molar refractivity (Wildman–Crippen MR) is 129 cm³/mol. The second kappa shape index (κ2) is 10.2. The predicted octanol–water partition coefficient (Wildman–Crippen LogP) is 3.03. The molecule has 1 fully saturated rings. The third-order valence-corrected chi connectivity index (χ3v) is 6.43. The van der Waals surface area contributed by atoms with Gasteiger partial charge in [0.2, 0.25) is 5.91 Å². The van der Waals surface area contributed by atoms with Crippen molar-refractivity contribution >= 4 is 17.5 Å². The number of hydrogen-bond acceptors (Lipinski definition) is 6. The number of hydrogen-bond donors (Lipinski definition) is 3. The van der Waals surface area contributed by atoms with Crippen LogP contribution in [0.4, 0.5) is 5.69 Å². The molecule has 2 aliphatic heterocycles. The van der Waals surface area contributed by atoms with Crippen LogP contribution in [0.25, 0.3) is 0 Å². The molecule has 180 valence electrons. The zero-order valence-electron chi connectivity index (χ0n) is 19.1. The fraction of sp³-hybridized carbons (Fsp3) is 0.296. The van der Waals surface area contributed by atoms with Gasteiger partial charge in [-0.1, -0.05) is 30.3 Å². The molecule has 3 heterocycles. The first-order valence-electron chi connectivity index (χ1n) is 11.7. The minimum atomic E-state index is -0.540. The second-order valence-corrected chi connectivity index (χ2v) is 8.82. The standard InChI is InChI=1S/C27H27N3O5/c31-16-24-26-22(12-20(34-24)13-25(32)29-14-17-5-2-1-3-6-17)21-11-19(8-9-23(21)35-26)30-27(33)18-7-4-10-28-15-18/h1-11,15,20,22,24,26,31H,12-14,16H2,(H,29,32)(H,30,33)/t20-,22-,24+,26+/m0/s1. The fourth-order valence-corrected chi connectivity index (χ4v) is 4.74.